The van der Waals surface area contributed by atoms with Gasteiger partial charge in [0.1, 0.15) is 12.9 Å². The van der Waals surface area contributed by atoms with Crippen LogP contribution in [0.15, 0.2) is 29.3 Å². The van der Waals surface area contributed by atoms with Crippen LogP contribution in [0.5, 0.6) is 0 Å². The van der Waals surface area contributed by atoms with Gasteiger partial charge in [-0.1, -0.05) is 25.4 Å². The van der Waals surface area contributed by atoms with Crippen LogP contribution in [0.1, 0.15) is 20.3 Å². The van der Waals surface area contributed by atoms with E-state index in [0.717, 1.165) is 11.1 Å². The summed E-state index contributed by atoms with van der Waals surface area (Å²) in [6, 6.07) is 5.19. The SMILES string of the molecule is CC(C)CCNC(=O)Cn1nc2c3ccc(Cl)cc3ncn2c1=O. The number of nitrogens with one attached hydrogen (secondary N) is 1. The molecular formula is C16H18ClN5O2. The van der Waals surface area contributed by atoms with Crippen molar-refractivity contribution in [2.24, 2.45) is 5.92 Å². The number of hydrogen-bond donors (Lipinski definition) is 1. The van der Waals surface area contributed by atoms with Crippen LogP contribution in [0.25, 0.3) is 16.6 Å². The first kappa shape index (κ1) is 16.4. The van der Waals surface area contributed by atoms with Gasteiger partial charge in [-0.3, -0.25) is 4.79 Å². The topological polar surface area (TPSA) is 81.3 Å². The zero-order valence-electron chi connectivity index (χ0n) is 13.5. The van der Waals surface area contributed by atoms with Gasteiger partial charge < -0.3 is 5.32 Å². The van der Waals surface area contributed by atoms with Gasteiger partial charge in [-0.15, -0.1) is 5.10 Å². The molecule has 1 amide bonds. The summed E-state index contributed by atoms with van der Waals surface area (Å²) < 4.78 is 2.48. The smallest absolute Gasteiger partial charge is 0.352 e. The number of nitrogens with zero attached hydrogens (tertiary/aromatic N) is 4. The Bertz CT molecular complexity index is 960. The van der Waals surface area contributed by atoms with Gasteiger partial charge in [0.2, 0.25) is 5.91 Å². The monoisotopic (exact) mass is 347 g/mol. The van der Waals surface area contributed by atoms with Crippen LogP contribution < -0.4 is 11.0 Å². The maximum atomic E-state index is 12.4. The average Bonchev–Trinajstić information content (AvgIpc) is 2.83. The third-order valence-corrected chi connectivity index (χ3v) is 3.96. The van der Waals surface area contributed by atoms with Crippen LogP contribution in [-0.2, 0) is 11.3 Å². The zero-order chi connectivity index (χ0) is 17.3. The van der Waals surface area contributed by atoms with Gasteiger partial charge in [-0.2, -0.15) is 0 Å². The quantitative estimate of drug-likeness (QED) is 0.763. The zero-order valence-corrected chi connectivity index (χ0v) is 14.2. The second-order valence-corrected chi connectivity index (χ2v) is 6.51. The molecule has 0 saturated carbocycles. The molecule has 126 valence electrons. The standard InChI is InChI=1S/C16H18ClN5O2/c1-10(2)5-6-18-14(23)8-22-16(24)21-9-19-13-7-11(17)3-4-12(13)15(21)20-22/h3-4,7,9-10H,5-6,8H2,1-2H3,(H,18,23). The van der Waals surface area contributed by atoms with Crippen LogP contribution in [0.4, 0.5) is 0 Å². The molecule has 3 rings (SSSR count). The molecular weight excluding hydrogens is 330 g/mol. The van der Waals surface area contributed by atoms with Crippen molar-refractivity contribution >= 4 is 34.1 Å². The molecule has 2 aromatic heterocycles. The third kappa shape index (κ3) is 3.26. The molecule has 1 aromatic carbocycles. The van der Waals surface area contributed by atoms with Crippen LogP contribution in [0.3, 0.4) is 0 Å². The second-order valence-electron chi connectivity index (χ2n) is 6.07. The minimum atomic E-state index is -0.395. The molecule has 3 aromatic rings. The molecule has 1 N–H and O–H groups in total. The summed E-state index contributed by atoms with van der Waals surface area (Å²) in [4.78, 5) is 28.6. The number of halogens is 1. The fraction of sp³-hybridized carbons (Fsp3) is 0.375. The van der Waals surface area contributed by atoms with E-state index in [0.29, 0.717) is 34.0 Å². The van der Waals surface area contributed by atoms with Gasteiger partial charge in [-0.25, -0.2) is 18.9 Å². The summed E-state index contributed by atoms with van der Waals surface area (Å²) in [7, 11) is 0. The van der Waals surface area contributed by atoms with Crippen molar-refractivity contribution < 1.29 is 4.79 Å². The van der Waals surface area contributed by atoms with Gasteiger partial charge in [-0.05, 0) is 30.5 Å². The van der Waals surface area contributed by atoms with Crippen molar-refractivity contribution in [2.75, 3.05) is 6.54 Å². The summed E-state index contributed by atoms with van der Waals surface area (Å²) >= 11 is 5.96. The minimum Gasteiger partial charge on any atom is -0.354 e. The van der Waals surface area contributed by atoms with Crippen molar-refractivity contribution in [3.63, 3.8) is 0 Å². The first-order valence-electron chi connectivity index (χ1n) is 7.76. The summed E-state index contributed by atoms with van der Waals surface area (Å²) in [5.74, 6) is 0.272. The maximum Gasteiger partial charge on any atom is 0.352 e. The first-order valence-corrected chi connectivity index (χ1v) is 8.13. The Balaban J connectivity index is 1.89. The molecule has 0 aliphatic carbocycles. The maximum absolute atomic E-state index is 12.4. The minimum absolute atomic E-state index is 0.117. The molecule has 0 fully saturated rings. The molecule has 24 heavy (non-hydrogen) atoms. The number of carbonyl (C=O) groups is 1. The average molecular weight is 348 g/mol. The molecule has 0 spiro atoms. The Hall–Kier alpha value is -2.41. The molecule has 7 nitrogen and oxygen atoms in total. The van der Waals surface area contributed by atoms with E-state index < -0.39 is 5.69 Å². The number of rotatable bonds is 5. The van der Waals surface area contributed by atoms with E-state index in [-0.39, 0.29) is 12.5 Å². The van der Waals surface area contributed by atoms with E-state index in [2.05, 4.69) is 29.2 Å². The largest absolute Gasteiger partial charge is 0.354 e. The fourth-order valence-electron chi connectivity index (χ4n) is 2.42. The summed E-state index contributed by atoms with van der Waals surface area (Å²) in [6.45, 7) is 4.64. The Morgan fingerprint density at radius 2 is 2.17 bits per heavy atom. The number of hydrogen-bond acceptors (Lipinski definition) is 4. The predicted molar refractivity (Wildman–Crippen MR) is 92.2 cm³/mol. The van der Waals surface area contributed by atoms with Crippen molar-refractivity contribution in [3.05, 3.63) is 40.0 Å². The lowest BCUT2D eigenvalue weighted by Gasteiger charge is -2.06. The Morgan fingerprint density at radius 3 is 2.92 bits per heavy atom. The van der Waals surface area contributed by atoms with Crippen molar-refractivity contribution in [1.82, 2.24) is 24.5 Å². The highest BCUT2D eigenvalue weighted by atomic mass is 35.5. The fourth-order valence-corrected chi connectivity index (χ4v) is 2.59. The lowest BCUT2D eigenvalue weighted by atomic mass is 10.1. The van der Waals surface area contributed by atoms with E-state index in [1.807, 2.05) is 0 Å². The van der Waals surface area contributed by atoms with E-state index >= 15 is 0 Å². The van der Waals surface area contributed by atoms with Gasteiger partial charge >= 0.3 is 5.69 Å². The normalized spacial score (nSPS) is 11.5. The molecule has 0 aliphatic heterocycles. The Kier molecular flexibility index (Phi) is 4.53. The van der Waals surface area contributed by atoms with Gasteiger partial charge in [0.25, 0.3) is 0 Å². The molecule has 0 atom stereocenters. The highest BCUT2D eigenvalue weighted by Gasteiger charge is 2.13. The Morgan fingerprint density at radius 1 is 1.38 bits per heavy atom. The van der Waals surface area contributed by atoms with Gasteiger partial charge in [0, 0.05) is 17.0 Å². The Labute approximate surface area is 143 Å². The molecule has 0 saturated heterocycles. The summed E-state index contributed by atoms with van der Waals surface area (Å²) in [5, 5.41) is 8.34. The van der Waals surface area contributed by atoms with E-state index in [4.69, 9.17) is 11.6 Å². The van der Waals surface area contributed by atoms with Crippen LogP contribution in [0.2, 0.25) is 5.02 Å². The molecule has 2 heterocycles. The lowest BCUT2D eigenvalue weighted by molar-refractivity contribution is -0.121. The molecule has 0 aliphatic rings. The van der Waals surface area contributed by atoms with E-state index in [1.54, 1.807) is 18.2 Å². The summed E-state index contributed by atoms with van der Waals surface area (Å²) in [5.41, 5.74) is 0.707. The molecule has 0 radical (unpaired) electrons. The van der Waals surface area contributed by atoms with E-state index in [9.17, 15) is 9.59 Å². The second kappa shape index (κ2) is 6.60. The van der Waals surface area contributed by atoms with Crippen LogP contribution in [-0.4, -0.2) is 31.6 Å². The van der Waals surface area contributed by atoms with Crippen LogP contribution >= 0.6 is 11.6 Å². The highest BCUT2D eigenvalue weighted by Crippen LogP contribution is 2.19. The van der Waals surface area contributed by atoms with Gasteiger partial charge in [0.05, 0.1) is 5.52 Å². The van der Waals surface area contributed by atoms with Crippen molar-refractivity contribution in [2.45, 2.75) is 26.8 Å². The number of aromatic nitrogens is 4. The van der Waals surface area contributed by atoms with Crippen molar-refractivity contribution in [3.8, 4) is 0 Å². The number of carbonyl (C=O) groups excluding carboxylic acids is 1. The van der Waals surface area contributed by atoms with E-state index in [1.165, 1.54) is 10.7 Å². The first-order chi connectivity index (χ1) is 11.5. The van der Waals surface area contributed by atoms with Crippen LogP contribution in [0, 0.1) is 5.92 Å². The molecule has 0 unspecified atom stereocenters. The third-order valence-electron chi connectivity index (χ3n) is 3.72. The number of fused-ring (bicyclic) bond motifs is 3. The highest BCUT2D eigenvalue weighted by molar-refractivity contribution is 6.31. The number of benzene rings is 1. The molecule has 0 bridgehead atoms. The lowest BCUT2D eigenvalue weighted by Crippen LogP contribution is -2.33. The van der Waals surface area contributed by atoms with Crippen molar-refractivity contribution in [1.29, 1.82) is 0 Å². The molecule has 8 heteroatoms. The summed E-state index contributed by atoms with van der Waals surface area (Å²) in [6.07, 6.45) is 2.29. The van der Waals surface area contributed by atoms with Gasteiger partial charge in [0.15, 0.2) is 5.65 Å². The number of amides is 1. The predicted octanol–water partition coefficient (Wildman–Crippen LogP) is 1.86.